The lowest BCUT2D eigenvalue weighted by molar-refractivity contribution is -0.485. The Balaban J connectivity index is 3.93. The standard InChI is InChI=1S/C9H20N4O2/c1-8(2)6-5-7-10-9(12(3)4)11-13(14)15/h8H,5-7H2,1-4H3,(H,10,11). The Bertz CT molecular complexity index is 226. The number of hydrogen-bond donors (Lipinski definition) is 1. The Kier molecular flexibility index (Phi) is 6.40. The van der Waals surface area contributed by atoms with E-state index in [1.807, 2.05) is 0 Å². The zero-order chi connectivity index (χ0) is 11.8. The Labute approximate surface area is 90.5 Å². The molecule has 0 saturated carbocycles. The number of nitrogens with one attached hydrogen (secondary N) is 1. The molecular formula is C9H20N4O2. The molecule has 0 atom stereocenters. The van der Waals surface area contributed by atoms with E-state index in [0.29, 0.717) is 18.4 Å². The molecule has 0 aromatic carbocycles. The molecule has 0 bridgehead atoms. The van der Waals surface area contributed by atoms with Gasteiger partial charge in [0.1, 0.15) is 5.10 Å². The molecule has 0 unspecified atom stereocenters. The minimum Gasteiger partial charge on any atom is -0.351 e. The monoisotopic (exact) mass is 216 g/mol. The summed E-state index contributed by atoms with van der Waals surface area (Å²) in [5.41, 5.74) is 0. The summed E-state index contributed by atoms with van der Waals surface area (Å²) in [4.78, 5) is 11.8. The lowest BCUT2D eigenvalue weighted by Crippen LogP contribution is -2.37. The van der Waals surface area contributed by atoms with Gasteiger partial charge < -0.3 is 10.2 Å². The Morgan fingerprint density at radius 3 is 2.53 bits per heavy atom. The second kappa shape index (κ2) is 7.03. The molecule has 0 saturated heterocycles. The average Bonchev–Trinajstić information content (AvgIpc) is 2.08. The van der Waals surface area contributed by atoms with Crippen molar-refractivity contribution in [3.8, 4) is 0 Å². The van der Waals surface area contributed by atoms with Gasteiger partial charge in [0.2, 0.25) is 0 Å². The number of nitrogens with zero attached hydrogens (tertiary/aromatic N) is 3. The van der Waals surface area contributed by atoms with Gasteiger partial charge >= 0.3 is 0 Å². The molecule has 0 aliphatic heterocycles. The van der Waals surface area contributed by atoms with Crippen LogP contribution in [-0.4, -0.2) is 36.5 Å². The summed E-state index contributed by atoms with van der Waals surface area (Å²) in [6.45, 7) is 5.01. The molecule has 1 N–H and O–H groups in total. The van der Waals surface area contributed by atoms with Crippen LogP contribution >= 0.6 is 0 Å². The molecule has 6 heteroatoms. The summed E-state index contributed by atoms with van der Waals surface area (Å²) in [6.07, 6.45) is 2.09. The number of rotatable bonds is 5. The van der Waals surface area contributed by atoms with Crippen molar-refractivity contribution in [3.05, 3.63) is 10.1 Å². The molecule has 0 heterocycles. The van der Waals surface area contributed by atoms with E-state index in [0.717, 1.165) is 12.8 Å². The summed E-state index contributed by atoms with van der Waals surface area (Å²) in [5, 5.41) is 15.7. The smallest absolute Gasteiger partial charge is 0.270 e. The molecule has 0 rings (SSSR count). The van der Waals surface area contributed by atoms with Crippen molar-refractivity contribution >= 4 is 5.96 Å². The number of hydrogen-bond acceptors (Lipinski definition) is 2. The van der Waals surface area contributed by atoms with Gasteiger partial charge in [0, 0.05) is 20.6 Å². The zero-order valence-corrected chi connectivity index (χ0v) is 9.86. The minimum atomic E-state index is -0.690. The third-order valence-electron chi connectivity index (χ3n) is 1.84. The Morgan fingerprint density at radius 2 is 2.13 bits per heavy atom. The van der Waals surface area contributed by atoms with Gasteiger partial charge in [0.25, 0.3) is 5.96 Å². The maximum Gasteiger partial charge on any atom is 0.270 e. The summed E-state index contributed by atoms with van der Waals surface area (Å²) in [7, 11) is 3.44. The molecule has 0 amide bonds. The van der Waals surface area contributed by atoms with E-state index in [2.05, 4.69) is 24.3 Å². The van der Waals surface area contributed by atoms with Gasteiger partial charge in [-0.3, -0.25) is 0 Å². The number of guanidine groups is 1. The van der Waals surface area contributed by atoms with Crippen LogP contribution in [0.5, 0.6) is 0 Å². The van der Waals surface area contributed by atoms with Crippen LogP contribution in [0, 0.1) is 16.0 Å². The third kappa shape index (κ3) is 7.72. The van der Waals surface area contributed by atoms with Crippen LogP contribution < -0.4 is 5.32 Å². The number of hydrazone groups is 1. The second-order valence-corrected chi connectivity index (χ2v) is 4.02. The highest BCUT2D eigenvalue weighted by atomic mass is 16.7. The van der Waals surface area contributed by atoms with Crippen LogP contribution in [0.2, 0.25) is 0 Å². The van der Waals surface area contributed by atoms with Crippen LogP contribution in [-0.2, 0) is 0 Å². The van der Waals surface area contributed by atoms with Crippen LogP contribution in [0.25, 0.3) is 0 Å². The first-order valence-electron chi connectivity index (χ1n) is 5.07. The molecule has 88 valence electrons. The summed E-state index contributed by atoms with van der Waals surface area (Å²) in [6, 6.07) is 0. The molecule has 0 spiro atoms. The predicted octanol–water partition coefficient (Wildman–Crippen LogP) is 1.12. The third-order valence-corrected chi connectivity index (χ3v) is 1.84. The fourth-order valence-corrected chi connectivity index (χ4v) is 1.07. The van der Waals surface area contributed by atoms with Crippen LogP contribution in [0.1, 0.15) is 26.7 Å². The van der Waals surface area contributed by atoms with Gasteiger partial charge in [0.15, 0.2) is 5.03 Å². The molecule has 0 fully saturated rings. The average molecular weight is 216 g/mol. The van der Waals surface area contributed by atoms with E-state index in [1.54, 1.807) is 19.0 Å². The van der Waals surface area contributed by atoms with Gasteiger partial charge in [-0.25, -0.2) is 10.1 Å². The first-order valence-corrected chi connectivity index (χ1v) is 5.07. The molecule has 15 heavy (non-hydrogen) atoms. The van der Waals surface area contributed by atoms with Gasteiger partial charge in [-0.2, -0.15) is 0 Å². The fourth-order valence-electron chi connectivity index (χ4n) is 1.07. The maximum atomic E-state index is 10.2. The Morgan fingerprint density at radius 1 is 1.53 bits per heavy atom. The lowest BCUT2D eigenvalue weighted by Gasteiger charge is -2.14. The van der Waals surface area contributed by atoms with Crippen molar-refractivity contribution in [2.24, 2.45) is 11.0 Å². The maximum absolute atomic E-state index is 10.2. The second-order valence-electron chi connectivity index (χ2n) is 4.02. The van der Waals surface area contributed by atoms with Crippen LogP contribution in [0.15, 0.2) is 5.10 Å². The minimum absolute atomic E-state index is 0.295. The molecule has 0 aromatic heterocycles. The Hall–Kier alpha value is -1.33. The van der Waals surface area contributed by atoms with Gasteiger partial charge in [-0.15, -0.1) is 0 Å². The van der Waals surface area contributed by atoms with Crippen LogP contribution in [0.3, 0.4) is 0 Å². The van der Waals surface area contributed by atoms with E-state index in [-0.39, 0.29) is 0 Å². The highest BCUT2D eigenvalue weighted by Gasteiger charge is 2.06. The molecular weight excluding hydrogens is 196 g/mol. The van der Waals surface area contributed by atoms with Crippen molar-refractivity contribution in [2.75, 3.05) is 20.6 Å². The molecule has 0 aromatic rings. The quantitative estimate of drug-likeness (QED) is 0.246. The van der Waals surface area contributed by atoms with Crippen molar-refractivity contribution in [1.29, 1.82) is 0 Å². The van der Waals surface area contributed by atoms with E-state index in [9.17, 15) is 10.1 Å². The summed E-state index contributed by atoms with van der Waals surface area (Å²) in [5.74, 6) is 0.950. The lowest BCUT2D eigenvalue weighted by atomic mass is 10.1. The van der Waals surface area contributed by atoms with Gasteiger partial charge in [-0.1, -0.05) is 13.8 Å². The summed E-state index contributed by atoms with van der Waals surface area (Å²) < 4.78 is 0. The topological polar surface area (TPSA) is 70.8 Å². The molecule has 0 radical (unpaired) electrons. The fraction of sp³-hybridized carbons (Fsp3) is 0.889. The molecule has 6 nitrogen and oxygen atoms in total. The molecule has 0 aliphatic rings. The van der Waals surface area contributed by atoms with Crippen molar-refractivity contribution in [1.82, 2.24) is 10.2 Å². The van der Waals surface area contributed by atoms with E-state index in [1.165, 1.54) is 0 Å². The largest absolute Gasteiger partial charge is 0.351 e. The predicted molar refractivity (Wildman–Crippen MR) is 60.2 cm³/mol. The SMILES string of the molecule is CC(C)CCCN/C(=N/[N+](=O)[O-])N(C)C. The van der Waals surface area contributed by atoms with Crippen molar-refractivity contribution in [3.63, 3.8) is 0 Å². The highest BCUT2D eigenvalue weighted by molar-refractivity contribution is 5.78. The van der Waals surface area contributed by atoms with Crippen molar-refractivity contribution in [2.45, 2.75) is 26.7 Å². The first kappa shape index (κ1) is 13.7. The molecule has 0 aliphatic carbocycles. The van der Waals surface area contributed by atoms with Gasteiger partial charge in [-0.05, 0) is 18.8 Å². The van der Waals surface area contributed by atoms with Crippen molar-refractivity contribution < 1.29 is 5.03 Å². The first-order chi connectivity index (χ1) is 6.93. The normalized spacial score (nSPS) is 11.7. The van der Waals surface area contributed by atoms with E-state index < -0.39 is 5.03 Å². The van der Waals surface area contributed by atoms with Crippen LogP contribution in [0.4, 0.5) is 0 Å². The number of nitro groups is 1. The van der Waals surface area contributed by atoms with E-state index in [4.69, 9.17) is 0 Å². The highest BCUT2D eigenvalue weighted by Crippen LogP contribution is 2.01. The van der Waals surface area contributed by atoms with Gasteiger partial charge in [0.05, 0.1) is 0 Å². The summed E-state index contributed by atoms with van der Waals surface area (Å²) >= 11 is 0. The van der Waals surface area contributed by atoms with E-state index >= 15 is 0 Å². The zero-order valence-electron chi connectivity index (χ0n) is 9.86.